The van der Waals surface area contributed by atoms with Crippen LogP contribution in [0.3, 0.4) is 0 Å². The predicted molar refractivity (Wildman–Crippen MR) is 68.3 cm³/mol. The zero-order valence-corrected chi connectivity index (χ0v) is 10.8. The van der Waals surface area contributed by atoms with E-state index in [1.165, 1.54) is 0 Å². The summed E-state index contributed by atoms with van der Waals surface area (Å²) < 4.78 is 5.09. The van der Waals surface area contributed by atoms with Crippen molar-refractivity contribution in [3.63, 3.8) is 0 Å². The molecule has 1 unspecified atom stereocenters. The molecule has 0 bridgehead atoms. The third-order valence-corrected chi connectivity index (χ3v) is 3.08. The second kappa shape index (κ2) is 5.82. The van der Waals surface area contributed by atoms with Gasteiger partial charge >= 0.3 is 0 Å². The van der Waals surface area contributed by atoms with Crippen LogP contribution < -0.4 is 10.1 Å². The van der Waals surface area contributed by atoms with Crippen molar-refractivity contribution in [2.75, 3.05) is 20.2 Å². The summed E-state index contributed by atoms with van der Waals surface area (Å²) in [5, 5.41) is 3.20. The van der Waals surface area contributed by atoms with Gasteiger partial charge in [0.15, 0.2) is 0 Å². The fraction of sp³-hybridized carbons (Fsp3) is 0.538. The van der Waals surface area contributed by atoms with Gasteiger partial charge in [-0.2, -0.15) is 0 Å². The highest BCUT2D eigenvalue weighted by molar-refractivity contribution is 5.81. The fourth-order valence-corrected chi connectivity index (χ4v) is 2.07. The molecule has 0 aromatic carbocycles. The summed E-state index contributed by atoms with van der Waals surface area (Å²) >= 11 is 0. The normalized spacial score (nSPS) is 20.7. The van der Waals surface area contributed by atoms with Gasteiger partial charge in [-0.25, -0.2) is 4.98 Å². The van der Waals surface area contributed by atoms with E-state index in [4.69, 9.17) is 4.74 Å². The van der Waals surface area contributed by atoms with Crippen LogP contribution in [0.25, 0.3) is 0 Å². The van der Waals surface area contributed by atoms with E-state index in [1.807, 2.05) is 24.0 Å². The number of hydrogen-bond acceptors (Lipinski definition) is 4. The predicted octanol–water partition coefficient (Wildman–Crippen LogP) is 0.801. The highest BCUT2D eigenvalue weighted by Crippen LogP contribution is 2.11. The molecule has 1 amide bonds. The molecular formula is C13H19N3O2. The van der Waals surface area contributed by atoms with E-state index in [0.29, 0.717) is 12.4 Å². The number of methoxy groups -OCH3 is 1. The number of carbonyl (C=O) groups excluding carboxylic acids is 1. The first kappa shape index (κ1) is 12.8. The summed E-state index contributed by atoms with van der Waals surface area (Å²) in [6, 6.07) is 5.50. The molecule has 1 N–H and O–H groups in total. The first-order valence-corrected chi connectivity index (χ1v) is 6.23. The highest BCUT2D eigenvalue weighted by Gasteiger charge is 2.23. The lowest BCUT2D eigenvalue weighted by molar-refractivity contribution is -0.132. The van der Waals surface area contributed by atoms with Gasteiger partial charge in [0.2, 0.25) is 11.8 Å². The van der Waals surface area contributed by atoms with Crippen LogP contribution in [0.4, 0.5) is 0 Å². The van der Waals surface area contributed by atoms with Crippen molar-refractivity contribution in [3.05, 3.63) is 23.9 Å². The van der Waals surface area contributed by atoms with Gasteiger partial charge < -0.3 is 15.0 Å². The molecule has 5 nitrogen and oxygen atoms in total. The molecule has 2 heterocycles. The van der Waals surface area contributed by atoms with E-state index in [9.17, 15) is 4.79 Å². The van der Waals surface area contributed by atoms with Gasteiger partial charge in [0.05, 0.1) is 25.4 Å². The van der Waals surface area contributed by atoms with Crippen LogP contribution in [0.5, 0.6) is 5.88 Å². The second-order valence-electron chi connectivity index (χ2n) is 4.46. The van der Waals surface area contributed by atoms with Gasteiger partial charge in [-0.1, -0.05) is 6.07 Å². The summed E-state index contributed by atoms with van der Waals surface area (Å²) in [4.78, 5) is 18.3. The Morgan fingerprint density at radius 1 is 1.56 bits per heavy atom. The van der Waals surface area contributed by atoms with E-state index in [-0.39, 0.29) is 11.9 Å². The van der Waals surface area contributed by atoms with Crippen LogP contribution in [0.2, 0.25) is 0 Å². The quantitative estimate of drug-likeness (QED) is 0.861. The van der Waals surface area contributed by atoms with Crippen molar-refractivity contribution in [2.24, 2.45) is 0 Å². The minimum absolute atomic E-state index is 0.113. The van der Waals surface area contributed by atoms with Crippen LogP contribution in [-0.2, 0) is 11.3 Å². The monoisotopic (exact) mass is 249 g/mol. The lowest BCUT2D eigenvalue weighted by atomic mass is 10.2. The Hall–Kier alpha value is -1.62. The molecule has 1 atom stereocenters. The zero-order valence-electron chi connectivity index (χ0n) is 10.8. The second-order valence-corrected chi connectivity index (χ2v) is 4.46. The molecule has 1 aliphatic heterocycles. The summed E-state index contributed by atoms with van der Waals surface area (Å²) in [5.74, 6) is 0.720. The van der Waals surface area contributed by atoms with E-state index >= 15 is 0 Å². The molecule has 98 valence electrons. The largest absolute Gasteiger partial charge is 0.481 e. The Kier molecular flexibility index (Phi) is 4.15. The lowest BCUT2D eigenvalue weighted by Gasteiger charge is -2.22. The van der Waals surface area contributed by atoms with Gasteiger partial charge in [-0.3, -0.25) is 4.79 Å². The van der Waals surface area contributed by atoms with Gasteiger partial charge in [0.25, 0.3) is 0 Å². The molecule has 2 rings (SSSR count). The summed E-state index contributed by atoms with van der Waals surface area (Å²) in [6.07, 6.45) is 0.972. The van der Waals surface area contributed by atoms with Crippen molar-refractivity contribution in [2.45, 2.75) is 25.9 Å². The molecule has 1 fully saturated rings. The van der Waals surface area contributed by atoms with Crippen LogP contribution in [0.15, 0.2) is 18.2 Å². The van der Waals surface area contributed by atoms with Crippen molar-refractivity contribution < 1.29 is 9.53 Å². The highest BCUT2D eigenvalue weighted by atomic mass is 16.5. The molecular weight excluding hydrogens is 230 g/mol. The summed E-state index contributed by atoms with van der Waals surface area (Å²) in [7, 11) is 1.59. The molecule has 1 aromatic heterocycles. The number of nitrogens with zero attached hydrogens (tertiary/aromatic N) is 2. The van der Waals surface area contributed by atoms with Crippen molar-refractivity contribution in [3.8, 4) is 5.88 Å². The molecule has 18 heavy (non-hydrogen) atoms. The van der Waals surface area contributed by atoms with Gasteiger partial charge in [-0.05, 0) is 26.0 Å². The number of ether oxygens (including phenoxy) is 1. The van der Waals surface area contributed by atoms with Crippen LogP contribution in [-0.4, -0.2) is 42.0 Å². The lowest BCUT2D eigenvalue weighted by Crippen LogP contribution is -2.41. The molecule has 1 aliphatic rings. The Morgan fingerprint density at radius 2 is 2.39 bits per heavy atom. The topological polar surface area (TPSA) is 54.5 Å². The Balaban J connectivity index is 2.08. The van der Waals surface area contributed by atoms with Crippen LogP contribution in [0, 0.1) is 0 Å². The van der Waals surface area contributed by atoms with E-state index in [1.54, 1.807) is 13.2 Å². The number of aromatic nitrogens is 1. The first-order valence-electron chi connectivity index (χ1n) is 6.23. The summed E-state index contributed by atoms with van der Waals surface area (Å²) in [5.41, 5.74) is 0.858. The minimum Gasteiger partial charge on any atom is -0.481 e. The van der Waals surface area contributed by atoms with E-state index in [2.05, 4.69) is 10.3 Å². The minimum atomic E-state index is -0.113. The Morgan fingerprint density at radius 3 is 3.17 bits per heavy atom. The number of amides is 1. The van der Waals surface area contributed by atoms with E-state index in [0.717, 1.165) is 25.2 Å². The molecule has 0 saturated carbocycles. The average molecular weight is 249 g/mol. The standard InChI is InChI=1S/C13H19N3O2/c1-10-13(17)16(8-4-7-14-10)9-11-5-3-6-12(15-11)18-2/h3,5-6,10,14H,4,7-9H2,1-2H3. The van der Waals surface area contributed by atoms with Crippen LogP contribution in [0.1, 0.15) is 19.0 Å². The SMILES string of the molecule is COc1cccc(CN2CCCNC(C)C2=O)n1. The van der Waals surface area contributed by atoms with Crippen molar-refractivity contribution >= 4 is 5.91 Å². The fourth-order valence-electron chi connectivity index (χ4n) is 2.07. The Bertz CT molecular complexity index is 422. The number of pyridine rings is 1. The smallest absolute Gasteiger partial charge is 0.239 e. The third kappa shape index (κ3) is 2.98. The van der Waals surface area contributed by atoms with Gasteiger partial charge in [0.1, 0.15) is 0 Å². The van der Waals surface area contributed by atoms with Gasteiger partial charge in [0, 0.05) is 12.6 Å². The Labute approximate surface area is 107 Å². The number of carbonyl (C=O) groups is 1. The maximum absolute atomic E-state index is 12.1. The van der Waals surface area contributed by atoms with Crippen molar-refractivity contribution in [1.82, 2.24) is 15.2 Å². The number of hydrogen-bond donors (Lipinski definition) is 1. The maximum atomic E-state index is 12.1. The first-order chi connectivity index (χ1) is 8.70. The summed E-state index contributed by atoms with van der Waals surface area (Å²) in [6.45, 7) is 4.10. The molecule has 0 aliphatic carbocycles. The van der Waals surface area contributed by atoms with Gasteiger partial charge in [-0.15, -0.1) is 0 Å². The van der Waals surface area contributed by atoms with E-state index < -0.39 is 0 Å². The maximum Gasteiger partial charge on any atom is 0.239 e. The molecule has 1 saturated heterocycles. The number of rotatable bonds is 3. The number of nitrogens with one attached hydrogen (secondary N) is 1. The molecule has 0 radical (unpaired) electrons. The molecule has 0 spiro atoms. The molecule has 5 heteroatoms. The molecule has 1 aromatic rings. The zero-order chi connectivity index (χ0) is 13.0. The van der Waals surface area contributed by atoms with Crippen LogP contribution >= 0.6 is 0 Å². The van der Waals surface area contributed by atoms with Crippen molar-refractivity contribution in [1.29, 1.82) is 0 Å². The third-order valence-electron chi connectivity index (χ3n) is 3.08. The average Bonchev–Trinajstić information content (AvgIpc) is 2.55.